The van der Waals surface area contributed by atoms with E-state index in [0.29, 0.717) is 30.6 Å². The number of hydrogen-bond acceptors (Lipinski definition) is 4. The van der Waals surface area contributed by atoms with Crippen LogP contribution in [0.3, 0.4) is 0 Å². The van der Waals surface area contributed by atoms with E-state index >= 15 is 0 Å². The first kappa shape index (κ1) is 21.2. The average Bonchev–Trinajstić information content (AvgIpc) is 3.20. The zero-order chi connectivity index (χ0) is 21.2. The number of nitrogens with zero attached hydrogens (tertiary/aromatic N) is 3. The van der Waals surface area contributed by atoms with Gasteiger partial charge in [0.15, 0.2) is 17.5 Å². The highest BCUT2D eigenvalue weighted by Gasteiger charge is 2.08. The normalized spacial score (nSPS) is 11.2. The fourth-order valence-electron chi connectivity index (χ4n) is 3.03. The number of ether oxygens (including phenoxy) is 2. The Morgan fingerprint density at radius 1 is 1.10 bits per heavy atom. The van der Waals surface area contributed by atoms with Crippen molar-refractivity contribution in [3.63, 3.8) is 0 Å². The molecule has 0 aliphatic heterocycles. The number of methoxy groups -OCH3 is 1. The Labute approximate surface area is 177 Å². The molecule has 7 nitrogen and oxygen atoms in total. The number of rotatable bonds is 9. The zero-order valence-corrected chi connectivity index (χ0v) is 17.8. The van der Waals surface area contributed by atoms with Gasteiger partial charge < -0.3 is 24.7 Å². The van der Waals surface area contributed by atoms with Crippen LogP contribution >= 0.6 is 0 Å². The molecule has 2 N–H and O–H groups in total. The van der Waals surface area contributed by atoms with Gasteiger partial charge >= 0.3 is 0 Å². The van der Waals surface area contributed by atoms with E-state index in [1.165, 1.54) is 5.56 Å². The van der Waals surface area contributed by atoms with Crippen molar-refractivity contribution in [1.29, 1.82) is 0 Å². The number of anilines is 1. The van der Waals surface area contributed by atoms with Gasteiger partial charge in [0.1, 0.15) is 12.4 Å². The summed E-state index contributed by atoms with van der Waals surface area (Å²) in [6, 6.07) is 16.1. The number of guanidine groups is 1. The van der Waals surface area contributed by atoms with Crippen LogP contribution in [0.1, 0.15) is 25.2 Å². The summed E-state index contributed by atoms with van der Waals surface area (Å²) in [5.74, 6) is 2.98. The molecule has 0 unspecified atom stereocenters. The fraction of sp³-hybridized carbons (Fsp3) is 0.304. The van der Waals surface area contributed by atoms with Gasteiger partial charge in [-0.05, 0) is 31.5 Å². The van der Waals surface area contributed by atoms with Crippen molar-refractivity contribution in [2.45, 2.75) is 26.9 Å². The molecule has 0 saturated heterocycles. The van der Waals surface area contributed by atoms with Crippen molar-refractivity contribution < 1.29 is 9.47 Å². The van der Waals surface area contributed by atoms with E-state index in [2.05, 4.69) is 32.3 Å². The molecule has 0 saturated carbocycles. The molecule has 0 aliphatic rings. The molecule has 3 aromatic rings. The van der Waals surface area contributed by atoms with E-state index in [0.717, 1.165) is 24.6 Å². The molecule has 1 heterocycles. The summed E-state index contributed by atoms with van der Waals surface area (Å²) in [7, 11) is 1.63. The van der Waals surface area contributed by atoms with Crippen molar-refractivity contribution in [2.75, 3.05) is 25.6 Å². The lowest BCUT2D eigenvalue weighted by atomic mass is 10.2. The first-order valence-electron chi connectivity index (χ1n) is 10.1. The molecule has 0 atom stereocenters. The highest BCUT2D eigenvalue weighted by atomic mass is 16.5. The molecular weight excluding hydrogens is 378 g/mol. The van der Waals surface area contributed by atoms with E-state index in [4.69, 9.17) is 14.5 Å². The summed E-state index contributed by atoms with van der Waals surface area (Å²) < 4.78 is 13.1. The molecule has 2 aromatic carbocycles. The zero-order valence-electron chi connectivity index (χ0n) is 17.8. The van der Waals surface area contributed by atoms with Crippen molar-refractivity contribution >= 4 is 11.6 Å². The Bertz CT molecular complexity index is 953. The van der Waals surface area contributed by atoms with Crippen molar-refractivity contribution in [1.82, 2.24) is 14.9 Å². The van der Waals surface area contributed by atoms with Crippen LogP contribution in [0.2, 0.25) is 0 Å². The number of aliphatic imine (C=N–C) groups is 1. The minimum Gasteiger partial charge on any atom is -0.493 e. The van der Waals surface area contributed by atoms with Gasteiger partial charge in [-0.2, -0.15) is 0 Å². The number of hydrogen-bond donors (Lipinski definition) is 2. The highest BCUT2D eigenvalue weighted by Crippen LogP contribution is 2.30. The van der Waals surface area contributed by atoms with Crippen LogP contribution < -0.4 is 20.1 Å². The molecule has 0 radical (unpaired) electrons. The van der Waals surface area contributed by atoms with Gasteiger partial charge in [-0.25, -0.2) is 9.98 Å². The first-order chi connectivity index (χ1) is 14.7. The maximum absolute atomic E-state index is 5.66. The minimum absolute atomic E-state index is 0.462. The number of benzene rings is 2. The maximum Gasteiger partial charge on any atom is 0.196 e. The number of imidazole rings is 1. The largest absolute Gasteiger partial charge is 0.493 e. The van der Waals surface area contributed by atoms with Crippen LogP contribution in [0.5, 0.6) is 11.5 Å². The van der Waals surface area contributed by atoms with Crippen LogP contribution in [-0.4, -0.2) is 35.8 Å². The van der Waals surface area contributed by atoms with E-state index in [-0.39, 0.29) is 0 Å². The quantitative estimate of drug-likeness (QED) is 0.416. The van der Waals surface area contributed by atoms with E-state index in [1.54, 1.807) is 7.11 Å². The summed E-state index contributed by atoms with van der Waals surface area (Å²) >= 11 is 0. The molecule has 0 amide bonds. The van der Waals surface area contributed by atoms with Crippen LogP contribution in [0.4, 0.5) is 5.69 Å². The van der Waals surface area contributed by atoms with Gasteiger partial charge in [-0.15, -0.1) is 0 Å². The van der Waals surface area contributed by atoms with Crippen molar-refractivity contribution in [3.8, 4) is 11.5 Å². The van der Waals surface area contributed by atoms with Gasteiger partial charge in [-0.3, -0.25) is 0 Å². The predicted molar refractivity (Wildman–Crippen MR) is 120 cm³/mol. The summed E-state index contributed by atoms with van der Waals surface area (Å²) in [6.45, 7) is 6.53. The second kappa shape index (κ2) is 10.9. The van der Waals surface area contributed by atoms with Gasteiger partial charge in [-0.1, -0.05) is 30.3 Å². The molecule has 30 heavy (non-hydrogen) atoms. The van der Waals surface area contributed by atoms with Crippen LogP contribution in [0, 0.1) is 0 Å². The monoisotopic (exact) mass is 407 g/mol. The van der Waals surface area contributed by atoms with Crippen LogP contribution in [-0.2, 0) is 13.1 Å². The van der Waals surface area contributed by atoms with Gasteiger partial charge in [0.2, 0.25) is 0 Å². The molecule has 0 spiro atoms. The Morgan fingerprint density at radius 3 is 2.67 bits per heavy atom. The standard InChI is InChI=1S/C23H29N5O2/c1-4-24-23(27-19-11-12-20(29-3)21(15-19)30-5-2)26-16-22-25-13-14-28(22)17-18-9-7-6-8-10-18/h6-15H,4-5,16-17H2,1-3H3,(H2,24,26,27). The van der Waals surface area contributed by atoms with Crippen molar-refractivity contribution in [2.24, 2.45) is 4.99 Å². The second-order valence-corrected chi connectivity index (χ2v) is 6.58. The Balaban J connectivity index is 1.73. The Hall–Kier alpha value is -3.48. The lowest BCUT2D eigenvalue weighted by Crippen LogP contribution is -2.30. The summed E-state index contributed by atoms with van der Waals surface area (Å²) in [5.41, 5.74) is 2.10. The van der Waals surface area contributed by atoms with E-state index < -0.39 is 0 Å². The smallest absolute Gasteiger partial charge is 0.196 e. The molecule has 3 rings (SSSR count). The summed E-state index contributed by atoms with van der Waals surface area (Å²) in [4.78, 5) is 9.19. The SMILES string of the molecule is CCNC(=NCc1nccn1Cc1ccccc1)Nc1ccc(OC)c(OCC)c1. The topological polar surface area (TPSA) is 72.7 Å². The maximum atomic E-state index is 5.66. The third-order valence-electron chi connectivity index (χ3n) is 4.45. The highest BCUT2D eigenvalue weighted by molar-refractivity contribution is 5.93. The van der Waals surface area contributed by atoms with Gasteiger partial charge in [0, 0.05) is 37.2 Å². The fourth-order valence-corrected chi connectivity index (χ4v) is 3.03. The molecular formula is C23H29N5O2. The molecule has 158 valence electrons. The Kier molecular flexibility index (Phi) is 7.71. The molecule has 0 bridgehead atoms. The minimum atomic E-state index is 0.462. The van der Waals surface area contributed by atoms with Crippen LogP contribution in [0.15, 0.2) is 65.9 Å². The number of aromatic nitrogens is 2. The molecule has 0 fully saturated rings. The van der Waals surface area contributed by atoms with E-state index in [9.17, 15) is 0 Å². The third kappa shape index (κ3) is 5.76. The van der Waals surface area contributed by atoms with E-state index in [1.807, 2.05) is 62.6 Å². The van der Waals surface area contributed by atoms with Crippen LogP contribution in [0.25, 0.3) is 0 Å². The lowest BCUT2D eigenvalue weighted by molar-refractivity contribution is 0.311. The molecule has 0 aliphatic carbocycles. The van der Waals surface area contributed by atoms with Gasteiger partial charge in [0.25, 0.3) is 0 Å². The van der Waals surface area contributed by atoms with Crippen molar-refractivity contribution in [3.05, 3.63) is 72.3 Å². The summed E-state index contributed by atoms with van der Waals surface area (Å²) in [5, 5.41) is 6.60. The summed E-state index contributed by atoms with van der Waals surface area (Å²) in [6.07, 6.45) is 3.79. The lowest BCUT2D eigenvalue weighted by Gasteiger charge is -2.14. The predicted octanol–water partition coefficient (Wildman–Crippen LogP) is 3.92. The molecule has 7 heteroatoms. The number of nitrogens with one attached hydrogen (secondary N) is 2. The Morgan fingerprint density at radius 2 is 1.93 bits per heavy atom. The molecule has 1 aromatic heterocycles. The second-order valence-electron chi connectivity index (χ2n) is 6.58. The third-order valence-corrected chi connectivity index (χ3v) is 4.45. The first-order valence-corrected chi connectivity index (χ1v) is 10.1. The average molecular weight is 408 g/mol. The van der Waals surface area contributed by atoms with Gasteiger partial charge in [0.05, 0.1) is 13.7 Å².